The van der Waals surface area contributed by atoms with E-state index in [1.807, 2.05) is 36.4 Å². The first kappa shape index (κ1) is 11.6. The van der Waals surface area contributed by atoms with Gasteiger partial charge in [-0.1, -0.05) is 42.5 Å². The van der Waals surface area contributed by atoms with Crippen LogP contribution < -0.4 is 4.74 Å². The van der Waals surface area contributed by atoms with Gasteiger partial charge in [-0.2, -0.15) is 0 Å². The molecule has 17 heavy (non-hydrogen) atoms. The number of ether oxygens (including phenoxy) is 1. The molecule has 0 saturated heterocycles. The molecule has 1 N–H and O–H groups in total. The highest BCUT2D eigenvalue weighted by atomic mass is 32.1. The van der Waals surface area contributed by atoms with E-state index >= 15 is 0 Å². The van der Waals surface area contributed by atoms with Crippen LogP contribution in [0.2, 0.25) is 0 Å². The average molecular weight is 244 g/mol. The van der Waals surface area contributed by atoms with Gasteiger partial charge in [0.25, 0.3) is 0 Å². The summed E-state index contributed by atoms with van der Waals surface area (Å²) in [6.07, 6.45) is 0. The summed E-state index contributed by atoms with van der Waals surface area (Å²) in [6, 6.07) is 13.2. The fourth-order valence-electron chi connectivity index (χ4n) is 1.69. The predicted octanol–water partition coefficient (Wildman–Crippen LogP) is 3.42. The number of methoxy groups -OCH3 is 1. The zero-order valence-electron chi connectivity index (χ0n) is 9.38. The molecular weight excluding hydrogens is 232 g/mol. The van der Waals surface area contributed by atoms with E-state index in [0.29, 0.717) is 5.75 Å². The number of rotatable bonds is 3. The van der Waals surface area contributed by atoms with Gasteiger partial charge >= 0.3 is 0 Å². The molecule has 0 bridgehead atoms. The topological polar surface area (TPSA) is 29.5 Å². The Morgan fingerprint density at radius 1 is 1.18 bits per heavy atom. The van der Waals surface area contributed by atoms with Gasteiger partial charge in [0.2, 0.25) is 0 Å². The minimum atomic E-state index is 0.138. The van der Waals surface area contributed by atoms with Gasteiger partial charge < -0.3 is 9.84 Å². The Morgan fingerprint density at radius 3 is 2.47 bits per heavy atom. The van der Waals surface area contributed by atoms with Crippen LogP contribution in [0.15, 0.2) is 42.5 Å². The Morgan fingerprint density at radius 2 is 1.88 bits per heavy atom. The van der Waals surface area contributed by atoms with Crippen LogP contribution in [0.5, 0.6) is 11.5 Å². The molecule has 0 aliphatic heterocycles. The lowest BCUT2D eigenvalue weighted by Crippen LogP contribution is -1.90. The molecule has 2 nitrogen and oxygen atoms in total. The number of benzene rings is 2. The van der Waals surface area contributed by atoms with Gasteiger partial charge in [-0.25, -0.2) is 0 Å². The highest BCUT2D eigenvalue weighted by molar-refractivity contribution is 7.79. The van der Waals surface area contributed by atoms with Gasteiger partial charge in [-0.3, -0.25) is 0 Å². The van der Waals surface area contributed by atoms with E-state index in [2.05, 4.69) is 0 Å². The predicted molar refractivity (Wildman–Crippen MR) is 72.9 cm³/mol. The van der Waals surface area contributed by atoms with E-state index in [1.54, 1.807) is 11.4 Å². The third-order valence-corrected chi connectivity index (χ3v) is 2.81. The Kier molecular flexibility index (Phi) is 3.40. The van der Waals surface area contributed by atoms with Crippen molar-refractivity contribution in [2.75, 3.05) is 7.11 Å². The largest absolute Gasteiger partial charge is 0.504 e. The molecule has 0 amide bonds. The van der Waals surface area contributed by atoms with Gasteiger partial charge in [0.1, 0.15) is 0 Å². The molecule has 2 aromatic carbocycles. The SMILES string of the molecule is COc1cc(C=S)cc(-c2ccccc2)c1O. The van der Waals surface area contributed by atoms with Gasteiger partial charge in [-0.15, -0.1) is 0 Å². The number of aromatic hydroxyl groups is 1. The Bertz CT molecular complexity index is 535. The van der Waals surface area contributed by atoms with Crippen LogP contribution in [0.3, 0.4) is 0 Å². The molecule has 0 saturated carbocycles. The summed E-state index contributed by atoms with van der Waals surface area (Å²) < 4.78 is 5.13. The van der Waals surface area contributed by atoms with E-state index in [-0.39, 0.29) is 5.75 Å². The lowest BCUT2D eigenvalue weighted by atomic mass is 10.0. The van der Waals surface area contributed by atoms with Crippen molar-refractivity contribution < 1.29 is 9.84 Å². The van der Waals surface area contributed by atoms with Crippen LogP contribution in [0.1, 0.15) is 5.56 Å². The molecule has 0 atom stereocenters. The lowest BCUT2D eigenvalue weighted by Gasteiger charge is -2.10. The number of hydrogen-bond acceptors (Lipinski definition) is 3. The normalized spacial score (nSPS) is 9.94. The number of phenolic OH excluding ortho intramolecular Hbond substituents is 1. The van der Waals surface area contributed by atoms with E-state index in [4.69, 9.17) is 17.0 Å². The molecule has 0 heterocycles. The molecule has 3 heteroatoms. The quantitative estimate of drug-likeness (QED) is 0.839. The summed E-state index contributed by atoms with van der Waals surface area (Å²) in [7, 11) is 1.52. The van der Waals surface area contributed by atoms with E-state index in [9.17, 15) is 5.11 Å². The zero-order valence-corrected chi connectivity index (χ0v) is 10.2. The minimum Gasteiger partial charge on any atom is -0.504 e. The minimum absolute atomic E-state index is 0.138. The molecule has 0 aliphatic rings. The first-order valence-corrected chi connectivity index (χ1v) is 5.65. The Balaban J connectivity index is 2.64. The lowest BCUT2D eigenvalue weighted by molar-refractivity contribution is 0.374. The van der Waals surface area contributed by atoms with Crippen molar-refractivity contribution in [1.29, 1.82) is 0 Å². The maximum atomic E-state index is 10.1. The maximum absolute atomic E-state index is 10.1. The van der Waals surface area contributed by atoms with Crippen molar-refractivity contribution in [3.8, 4) is 22.6 Å². The molecule has 2 aromatic rings. The monoisotopic (exact) mass is 244 g/mol. The van der Waals surface area contributed by atoms with E-state index < -0.39 is 0 Å². The van der Waals surface area contributed by atoms with Gasteiger partial charge in [0.05, 0.1) is 7.11 Å². The van der Waals surface area contributed by atoms with Crippen molar-refractivity contribution >= 4 is 17.6 Å². The second-order valence-corrected chi connectivity index (χ2v) is 3.84. The number of thiocarbonyl (C=S) groups is 1. The van der Waals surface area contributed by atoms with Crippen molar-refractivity contribution in [3.63, 3.8) is 0 Å². The summed E-state index contributed by atoms with van der Waals surface area (Å²) in [5.74, 6) is 0.571. The molecule has 2 rings (SSSR count). The molecule has 0 unspecified atom stereocenters. The molecule has 86 valence electrons. The van der Waals surface area contributed by atoms with Crippen LogP contribution >= 0.6 is 12.2 Å². The fraction of sp³-hybridized carbons (Fsp3) is 0.0714. The van der Waals surface area contributed by atoms with Gasteiger partial charge in [0.15, 0.2) is 11.5 Å². The van der Waals surface area contributed by atoms with Crippen LogP contribution in [0, 0.1) is 0 Å². The molecule has 0 aromatic heterocycles. The Hall–Kier alpha value is -1.87. The third-order valence-electron chi connectivity index (χ3n) is 2.54. The summed E-state index contributed by atoms with van der Waals surface area (Å²) >= 11 is 4.92. The summed E-state index contributed by atoms with van der Waals surface area (Å²) in [4.78, 5) is 0. The molecule has 0 radical (unpaired) electrons. The second kappa shape index (κ2) is 4.97. The summed E-state index contributed by atoms with van der Waals surface area (Å²) in [6.45, 7) is 0. The van der Waals surface area contributed by atoms with E-state index in [1.165, 1.54) is 7.11 Å². The second-order valence-electron chi connectivity index (χ2n) is 3.60. The average Bonchev–Trinajstić information content (AvgIpc) is 2.40. The molecule has 0 spiro atoms. The van der Waals surface area contributed by atoms with Gasteiger partial charge in [-0.05, 0) is 23.3 Å². The molecular formula is C14H12O2S. The smallest absolute Gasteiger partial charge is 0.165 e. The zero-order chi connectivity index (χ0) is 12.3. The fourth-order valence-corrected chi connectivity index (χ4v) is 1.83. The van der Waals surface area contributed by atoms with Crippen LogP contribution in [0.25, 0.3) is 11.1 Å². The highest BCUT2D eigenvalue weighted by Gasteiger charge is 2.11. The standard InChI is InChI=1S/C14H12O2S/c1-16-13-8-10(9-17)7-12(14(13)15)11-5-3-2-4-6-11/h2-9,15H,1H3. The Labute approximate surface area is 105 Å². The van der Waals surface area contributed by atoms with Crippen molar-refractivity contribution in [1.82, 2.24) is 0 Å². The first-order chi connectivity index (χ1) is 8.26. The van der Waals surface area contributed by atoms with E-state index in [0.717, 1.165) is 16.7 Å². The number of phenols is 1. The summed E-state index contributed by atoms with van der Waals surface area (Å²) in [5, 5.41) is 11.7. The van der Waals surface area contributed by atoms with Crippen LogP contribution in [-0.2, 0) is 0 Å². The van der Waals surface area contributed by atoms with Crippen molar-refractivity contribution in [2.24, 2.45) is 0 Å². The molecule has 0 fully saturated rings. The third kappa shape index (κ3) is 2.29. The van der Waals surface area contributed by atoms with Gasteiger partial charge in [0, 0.05) is 10.9 Å². The van der Waals surface area contributed by atoms with Crippen LogP contribution in [0.4, 0.5) is 0 Å². The van der Waals surface area contributed by atoms with Crippen molar-refractivity contribution in [3.05, 3.63) is 48.0 Å². The molecule has 0 aliphatic carbocycles. The van der Waals surface area contributed by atoms with Crippen LogP contribution in [-0.4, -0.2) is 17.6 Å². The highest BCUT2D eigenvalue weighted by Crippen LogP contribution is 2.37. The summed E-state index contributed by atoms with van der Waals surface area (Å²) in [5.41, 5.74) is 2.50. The van der Waals surface area contributed by atoms with Crippen molar-refractivity contribution in [2.45, 2.75) is 0 Å². The maximum Gasteiger partial charge on any atom is 0.165 e. The number of hydrogen-bond donors (Lipinski definition) is 1. The first-order valence-electron chi connectivity index (χ1n) is 5.18.